The number of rotatable bonds is 11. The third-order valence-corrected chi connectivity index (χ3v) is 8.23. The van der Waals surface area contributed by atoms with Gasteiger partial charge in [0.15, 0.2) is 5.82 Å². The first kappa shape index (κ1) is 27.7. The summed E-state index contributed by atoms with van der Waals surface area (Å²) >= 11 is 0. The maximum absolute atomic E-state index is 13.6. The lowest BCUT2D eigenvalue weighted by Crippen LogP contribution is -2.42. The van der Waals surface area contributed by atoms with Gasteiger partial charge in [0.25, 0.3) is 0 Å². The first-order chi connectivity index (χ1) is 20.7. The summed E-state index contributed by atoms with van der Waals surface area (Å²) in [6, 6.07) is 26.5. The molecule has 3 aromatic carbocycles. The molecule has 8 nitrogen and oxygen atoms in total. The molecule has 6 rings (SSSR count). The highest BCUT2D eigenvalue weighted by molar-refractivity contribution is 5.83. The van der Waals surface area contributed by atoms with E-state index in [2.05, 4.69) is 74.8 Å². The molecule has 0 aliphatic carbocycles. The van der Waals surface area contributed by atoms with Crippen LogP contribution in [0.1, 0.15) is 47.2 Å². The van der Waals surface area contributed by atoms with Gasteiger partial charge in [0.05, 0.1) is 25.6 Å². The molecule has 1 saturated heterocycles. The minimum Gasteiger partial charge on any atom is -0.497 e. The second-order valence-electron chi connectivity index (χ2n) is 11.1. The molecule has 0 bridgehead atoms. The van der Waals surface area contributed by atoms with Crippen LogP contribution in [0.5, 0.6) is 5.75 Å². The molecular formula is C34H38N6O2. The molecule has 1 amide bonds. The minimum atomic E-state index is -0.338. The lowest BCUT2D eigenvalue weighted by Gasteiger charge is -2.26. The zero-order valence-corrected chi connectivity index (χ0v) is 24.1. The van der Waals surface area contributed by atoms with Crippen LogP contribution in [0, 0.1) is 5.92 Å². The Bertz CT molecular complexity index is 1600. The van der Waals surface area contributed by atoms with Crippen LogP contribution < -0.4 is 15.4 Å². The largest absolute Gasteiger partial charge is 0.497 e. The molecule has 2 aromatic heterocycles. The quantitative estimate of drug-likeness (QED) is 0.211. The highest BCUT2D eigenvalue weighted by Gasteiger charge is 2.28. The predicted molar refractivity (Wildman–Crippen MR) is 164 cm³/mol. The highest BCUT2D eigenvalue weighted by Crippen LogP contribution is 2.26. The Kier molecular flexibility index (Phi) is 8.61. The van der Waals surface area contributed by atoms with E-state index in [1.807, 2.05) is 30.5 Å². The number of fused-ring (bicyclic) bond motifs is 1. The fourth-order valence-electron chi connectivity index (χ4n) is 5.87. The van der Waals surface area contributed by atoms with Crippen LogP contribution in [0.2, 0.25) is 0 Å². The minimum absolute atomic E-state index is 0.0558. The third kappa shape index (κ3) is 6.39. The first-order valence-corrected chi connectivity index (χ1v) is 14.8. The molecular weight excluding hydrogens is 524 g/mol. The number of nitrogens with one attached hydrogen (secondary N) is 3. The number of H-pyrrole nitrogens is 1. The number of nitrogens with zero attached hydrogens (tertiary/aromatic N) is 3. The number of carbonyl (C=O) groups excluding carboxylic acids is 1. The number of methoxy groups -OCH3 is 1. The van der Waals surface area contributed by atoms with E-state index in [1.54, 1.807) is 7.11 Å². The van der Waals surface area contributed by atoms with Gasteiger partial charge < -0.3 is 24.9 Å². The summed E-state index contributed by atoms with van der Waals surface area (Å²) < 4.78 is 7.58. The molecule has 0 spiro atoms. The summed E-state index contributed by atoms with van der Waals surface area (Å²) in [5.41, 5.74) is 4.60. The highest BCUT2D eigenvalue weighted by atomic mass is 16.5. The predicted octanol–water partition coefficient (Wildman–Crippen LogP) is 5.00. The Morgan fingerprint density at radius 1 is 1.00 bits per heavy atom. The zero-order valence-electron chi connectivity index (χ0n) is 24.1. The number of para-hydroxylation sites is 1. The van der Waals surface area contributed by atoms with Crippen LogP contribution in [0.3, 0.4) is 0 Å². The van der Waals surface area contributed by atoms with Gasteiger partial charge in [0, 0.05) is 36.5 Å². The van der Waals surface area contributed by atoms with Crippen molar-refractivity contribution in [1.29, 1.82) is 0 Å². The van der Waals surface area contributed by atoms with Crippen molar-refractivity contribution in [3.8, 4) is 5.75 Å². The summed E-state index contributed by atoms with van der Waals surface area (Å²) in [6.07, 6.45) is 6.14. The van der Waals surface area contributed by atoms with Crippen molar-refractivity contribution in [2.75, 3.05) is 20.2 Å². The molecule has 0 saturated carbocycles. The van der Waals surface area contributed by atoms with Crippen molar-refractivity contribution in [2.24, 2.45) is 5.92 Å². The standard InChI is InChI=1S/C34H38N6O2/c1-42-28-16-13-25(14-17-28)23-40-32(18-15-24-8-3-2-4-9-24)38-39-33(40)31(37-34(41)26-10-7-19-35-21-26)20-27-22-36-30-12-6-5-11-29(27)30/h2-6,8-9,11-14,16-17,22,26,31,35-36H,7,10,15,18-21,23H2,1H3,(H,37,41)/t26-,31?/m0/s1. The zero-order chi connectivity index (χ0) is 28.7. The summed E-state index contributed by atoms with van der Waals surface area (Å²) in [5.74, 6) is 2.51. The normalized spacial score (nSPS) is 15.9. The van der Waals surface area contributed by atoms with Crippen molar-refractivity contribution >= 4 is 16.8 Å². The van der Waals surface area contributed by atoms with Crippen LogP contribution in [0.4, 0.5) is 0 Å². The van der Waals surface area contributed by atoms with Crippen molar-refractivity contribution in [2.45, 2.75) is 44.7 Å². The third-order valence-electron chi connectivity index (χ3n) is 8.23. The van der Waals surface area contributed by atoms with E-state index < -0.39 is 0 Å². The van der Waals surface area contributed by atoms with E-state index in [0.717, 1.165) is 71.7 Å². The second kappa shape index (κ2) is 13.0. The number of piperidine rings is 1. The number of aromatic nitrogens is 4. The Hall–Kier alpha value is -4.43. The Morgan fingerprint density at radius 3 is 2.60 bits per heavy atom. The van der Waals surface area contributed by atoms with Gasteiger partial charge in [-0.05, 0) is 60.7 Å². The maximum atomic E-state index is 13.6. The monoisotopic (exact) mass is 562 g/mol. The lowest BCUT2D eigenvalue weighted by atomic mass is 9.97. The molecule has 1 aliphatic rings. The van der Waals surface area contributed by atoms with E-state index in [9.17, 15) is 4.79 Å². The van der Waals surface area contributed by atoms with Gasteiger partial charge in [-0.15, -0.1) is 10.2 Å². The molecule has 1 fully saturated rings. The fourth-order valence-corrected chi connectivity index (χ4v) is 5.87. The Labute approximate surface area is 246 Å². The first-order valence-electron chi connectivity index (χ1n) is 14.8. The molecule has 1 unspecified atom stereocenters. The lowest BCUT2D eigenvalue weighted by molar-refractivity contribution is -0.126. The second-order valence-corrected chi connectivity index (χ2v) is 11.1. The molecule has 216 valence electrons. The molecule has 8 heteroatoms. The Morgan fingerprint density at radius 2 is 1.81 bits per heavy atom. The van der Waals surface area contributed by atoms with Crippen LogP contribution in [0.25, 0.3) is 10.9 Å². The van der Waals surface area contributed by atoms with Crippen LogP contribution in [-0.2, 0) is 30.6 Å². The van der Waals surface area contributed by atoms with E-state index in [0.29, 0.717) is 19.5 Å². The number of aromatic amines is 1. The number of hydrogen-bond acceptors (Lipinski definition) is 5. The van der Waals surface area contributed by atoms with Gasteiger partial charge in [0.2, 0.25) is 5.91 Å². The summed E-state index contributed by atoms with van der Waals surface area (Å²) in [5, 5.41) is 17.4. The molecule has 3 heterocycles. The summed E-state index contributed by atoms with van der Waals surface area (Å²) in [4.78, 5) is 17.0. The van der Waals surface area contributed by atoms with E-state index in [1.165, 1.54) is 5.56 Å². The van der Waals surface area contributed by atoms with Gasteiger partial charge in [-0.2, -0.15) is 0 Å². The number of carbonyl (C=O) groups is 1. The van der Waals surface area contributed by atoms with Crippen molar-refractivity contribution in [1.82, 2.24) is 30.4 Å². The smallest absolute Gasteiger partial charge is 0.224 e. The van der Waals surface area contributed by atoms with Gasteiger partial charge >= 0.3 is 0 Å². The van der Waals surface area contributed by atoms with Gasteiger partial charge in [0.1, 0.15) is 11.6 Å². The summed E-state index contributed by atoms with van der Waals surface area (Å²) in [7, 11) is 1.68. The SMILES string of the molecule is COc1ccc(Cn2c(CCc3ccccc3)nnc2C(Cc2c[nH]c3ccccc23)NC(=O)[C@H]2CCCNC2)cc1. The number of amides is 1. The average Bonchev–Trinajstić information content (AvgIpc) is 3.64. The number of ether oxygens (including phenoxy) is 1. The van der Waals surface area contributed by atoms with E-state index >= 15 is 0 Å². The van der Waals surface area contributed by atoms with Crippen molar-refractivity contribution in [3.63, 3.8) is 0 Å². The molecule has 42 heavy (non-hydrogen) atoms. The molecule has 1 aliphatic heterocycles. The fraction of sp³-hybridized carbons (Fsp3) is 0.324. The number of aryl methyl sites for hydroxylation is 2. The number of hydrogen-bond donors (Lipinski definition) is 3. The van der Waals surface area contributed by atoms with Gasteiger partial charge in [-0.1, -0.05) is 60.7 Å². The van der Waals surface area contributed by atoms with Gasteiger partial charge in [-0.25, -0.2) is 0 Å². The van der Waals surface area contributed by atoms with E-state index in [4.69, 9.17) is 14.9 Å². The molecule has 0 radical (unpaired) electrons. The molecule has 3 N–H and O–H groups in total. The maximum Gasteiger partial charge on any atom is 0.224 e. The molecule has 2 atom stereocenters. The van der Waals surface area contributed by atoms with Crippen LogP contribution >= 0.6 is 0 Å². The van der Waals surface area contributed by atoms with Crippen molar-refractivity contribution < 1.29 is 9.53 Å². The summed E-state index contributed by atoms with van der Waals surface area (Å²) in [6.45, 7) is 2.26. The Balaban J connectivity index is 1.36. The molecule has 5 aromatic rings. The number of benzene rings is 3. The van der Waals surface area contributed by atoms with Gasteiger partial charge in [-0.3, -0.25) is 4.79 Å². The van der Waals surface area contributed by atoms with E-state index in [-0.39, 0.29) is 17.9 Å². The van der Waals surface area contributed by atoms with Crippen LogP contribution in [-0.4, -0.2) is 45.9 Å². The van der Waals surface area contributed by atoms with Crippen LogP contribution in [0.15, 0.2) is 85.1 Å². The average molecular weight is 563 g/mol. The van der Waals surface area contributed by atoms with Crippen molar-refractivity contribution in [3.05, 3.63) is 113 Å². The topological polar surface area (TPSA) is 96.9 Å².